The number of para-hydroxylation sites is 2. The maximum atomic E-state index is 10.7. The van der Waals surface area contributed by atoms with E-state index in [1.165, 1.54) is 10.2 Å². The molecule has 0 radical (unpaired) electrons. The summed E-state index contributed by atoms with van der Waals surface area (Å²) in [6.07, 6.45) is 2.85. The van der Waals surface area contributed by atoms with E-state index in [0.29, 0.717) is 0 Å². The van der Waals surface area contributed by atoms with Gasteiger partial charge in [-0.1, -0.05) is 41.7 Å². The number of carboxylic acid groups (broad SMARTS) is 1. The van der Waals surface area contributed by atoms with Gasteiger partial charge in [-0.15, -0.1) is 0 Å². The van der Waals surface area contributed by atoms with Gasteiger partial charge in [0, 0.05) is 18.9 Å². The van der Waals surface area contributed by atoms with Crippen molar-refractivity contribution in [1.82, 2.24) is 0 Å². The molecular formula is C21H23N2O2S+. The second-order valence-corrected chi connectivity index (χ2v) is 7.29. The molecule has 2 aromatic carbocycles. The van der Waals surface area contributed by atoms with Crippen LogP contribution in [0.4, 0.5) is 5.69 Å². The number of hydrogen-bond acceptors (Lipinski definition) is 3. The van der Waals surface area contributed by atoms with E-state index in [9.17, 15) is 4.79 Å². The zero-order valence-corrected chi connectivity index (χ0v) is 15.7. The minimum atomic E-state index is -0.717. The Balaban J connectivity index is 1.84. The summed E-state index contributed by atoms with van der Waals surface area (Å²) in [5.41, 5.74) is 3.17. The molecule has 0 aliphatic heterocycles. The quantitative estimate of drug-likeness (QED) is 0.347. The van der Waals surface area contributed by atoms with E-state index in [2.05, 4.69) is 35.8 Å². The van der Waals surface area contributed by atoms with Gasteiger partial charge in [0.25, 0.3) is 5.01 Å². The first kappa shape index (κ1) is 18.3. The molecule has 0 spiro atoms. The molecule has 0 aliphatic carbocycles. The first-order valence-corrected chi connectivity index (χ1v) is 9.70. The summed E-state index contributed by atoms with van der Waals surface area (Å²) in [6.45, 7) is 2.93. The fourth-order valence-corrected chi connectivity index (χ4v) is 4.12. The highest BCUT2D eigenvalue weighted by Crippen LogP contribution is 2.22. The zero-order chi connectivity index (χ0) is 18.4. The maximum Gasteiger partial charge on any atom is 0.303 e. The molecule has 0 atom stereocenters. The van der Waals surface area contributed by atoms with Gasteiger partial charge in [0.05, 0.1) is 5.69 Å². The van der Waals surface area contributed by atoms with E-state index in [0.717, 1.165) is 42.2 Å². The Labute approximate surface area is 157 Å². The summed E-state index contributed by atoms with van der Waals surface area (Å²) in [7, 11) is 0. The van der Waals surface area contributed by atoms with Crippen molar-refractivity contribution < 1.29 is 14.5 Å². The number of nitrogens with zero attached hydrogens (tertiary/aromatic N) is 2. The Hall–Kier alpha value is -2.53. The lowest BCUT2D eigenvalue weighted by Gasteiger charge is -2.01. The molecule has 1 heterocycles. The minimum Gasteiger partial charge on any atom is -0.481 e. The van der Waals surface area contributed by atoms with Crippen LogP contribution in [0.2, 0.25) is 0 Å². The van der Waals surface area contributed by atoms with Gasteiger partial charge < -0.3 is 5.11 Å². The fraction of sp³-hybridized carbons (Fsp3) is 0.286. The first-order chi connectivity index (χ1) is 12.6. The number of unbranched alkanes of at least 4 members (excludes halogenated alkanes) is 2. The lowest BCUT2D eigenvalue weighted by Crippen LogP contribution is -2.38. The Morgan fingerprint density at radius 3 is 2.54 bits per heavy atom. The van der Waals surface area contributed by atoms with Crippen molar-refractivity contribution in [2.75, 3.05) is 0 Å². The Morgan fingerprint density at radius 2 is 1.77 bits per heavy atom. The molecule has 0 saturated carbocycles. The Morgan fingerprint density at radius 1 is 1.04 bits per heavy atom. The normalized spacial score (nSPS) is 11.8. The van der Waals surface area contributed by atoms with Crippen LogP contribution in [-0.4, -0.2) is 16.8 Å². The average Bonchev–Trinajstić information content (AvgIpc) is 3.01. The van der Waals surface area contributed by atoms with Crippen molar-refractivity contribution in [3.63, 3.8) is 0 Å². The Bertz CT molecular complexity index is 916. The van der Waals surface area contributed by atoms with Crippen molar-refractivity contribution in [3.05, 3.63) is 59.6 Å². The summed E-state index contributed by atoms with van der Waals surface area (Å²) in [5, 5.41) is 9.94. The van der Waals surface area contributed by atoms with Crippen molar-refractivity contribution in [2.45, 2.75) is 39.2 Å². The number of aliphatic carboxylic acids is 1. The van der Waals surface area contributed by atoms with Crippen LogP contribution < -0.4 is 4.57 Å². The largest absolute Gasteiger partial charge is 0.481 e. The number of benzene rings is 2. The number of fused-ring (bicyclic) bond motifs is 1. The van der Waals surface area contributed by atoms with E-state index >= 15 is 0 Å². The van der Waals surface area contributed by atoms with Crippen LogP contribution in [0, 0.1) is 0 Å². The number of aromatic nitrogens is 1. The van der Waals surface area contributed by atoms with Gasteiger partial charge in [0.15, 0.2) is 6.54 Å². The van der Waals surface area contributed by atoms with E-state index in [1.54, 1.807) is 11.3 Å². The van der Waals surface area contributed by atoms with E-state index < -0.39 is 5.97 Å². The van der Waals surface area contributed by atoms with Crippen LogP contribution in [0.3, 0.4) is 0 Å². The van der Waals surface area contributed by atoms with Gasteiger partial charge in [-0.05, 0) is 38.0 Å². The zero-order valence-electron chi connectivity index (χ0n) is 14.9. The lowest BCUT2D eigenvalue weighted by atomic mass is 10.2. The standard InChI is InChI=1S/C21H22N2O2S/c1-16(22-17-10-4-2-5-11-17)21-23(15-9-3-6-14-20(24)25)18-12-7-8-13-19(18)26-21/h2,4-5,7-8,10-13H,3,6,9,14-15H2,1H3/p+1. The van der Waals surface area contributed by atoms with Crippen LogP contribution in [0.1, 0.15) is 37.6 Å². The monoisotopic (exact) mass is 367 g/mol. The maximum absolute atomic E-state index is 10.7. The second kappa shape index (κ2) is 8.72. The molecule has 1 N–H and O–H groups in total. The molecule has 5 heteroatoms. The summed E-state index contributed by atoms with van der Waals surface area (Å²) in [4.78, 5) is 15.4. The molecule has 1 aromatic heterocycles. The van der Waals surface area contributed by atoms with E-state index in [1.807, 2.05) is 30.3 Å². The summed E-state index contributed by atoms with van der Waals surface area (Å²) >= 11 is 1.76. The number of carbonyl (C=O) groups is 1. The number of carboxylic acids is 1. The smallest absolute Gasteiger partial charge is 0.303 e. The molecule has 3 rings (SSSR count). The molecule has 3 aromatic rings. The first-order valence-electron chi connectivity index (χ1n) is 8.89. The topological polar surface area (TPSA) is 53.5 Å². The number of thiazole rings is 1. The average molecular weight is 367 g/mol. The third kappa shape index (κ3) is 4.55. The van der Waals surface area contributed by atoms with Gasteiger partial charge >= 0.3 is 5.97 Å². The molecule has 4 nitrogen and oxygen atoms in total. The molecule has 26 heavy (non-hydrogen) atoms. The molecule has 0 amide bonds. The van der Waals surface area contributed by atoms with Crippen molar-refractivity contribution in [3.8, 4) is 0 Å². The van der Waals surface area contributed by atoms with Gasteiger partial charge in [0.1, 0.15) is 10.4 Å². The predicted molar refractivity (Wildman–Crippen MR) is 106 cm³/mol. The molecular weight excluding hydrogens is 344 g/mol. The van der Waals surface area contributed by atoms with Gasteiger partial charge in [0.2, 0.25) is 5.52 Å². The molecule has 0 bridgehead atoms. The van der Waals surface area contributed by atoms with Crippen LogP contribution in [0.15, 0.2) is 59.6 Å². The third-order valence-electron chi connectivity index (χ3n) is 4.24. The van der Waals surface area contributed by atoms with Gasteiger partial charge in [-0.3, -0.25) is 4.79 Å². The number of aryl methyl sites for hydroxylation is 1. The summed E-state index contributed by atoms with van der Waals surface area (Å²) in [6, 6.07) is 18.4. The SMILES string of the molecule is CC(=Nc1ccccc1)c1sc2ccccc2[n+]1CCCCCC(=O)O. The molecule has 0 unspecified atom stereocenters. The fourth-order valence-electron chi connectivity index (χ4n) is 2.99. The highest BCUT2D eigenvalue weighted by molar-refractivity contribution is 7.19. The highest BCUT2D eigenvalue weighted by Gasteiger charge is 2.22. The molecule has 0 saturated heterocycles. The number of hydrogen-bond donors (Lipinski definition) is 1. The lowest BCUT2D eigenvalue weighted by molar-refractivity contribution is -0.668. The Kier molecular flexibility index (Phi) is 6.12. The van der Waals surface area contributed by atoms with Crippen LogP contribution in [0.5, 0.6) is 0 Å². The molecule has 0 aliphatic rings. The van der Waals surface area contributed by atoms with Crippen LogP contribution in [0.25, 0.3) is 10.2 Å². The third-order valence-corrected chi connectivity index (χ3v) is 5.52. The predicted octanol–water partition coefficient (Wildman–Crippen LogP) is 4.97. The molecule has 0 fully saturated rings. The summed E-state index contributed by atoms with van der Waals surface area (Å²) in [5.74, 6) is -0.717. The second-order valence-electron chi connectivity index (χ2n) is 6.26. The van der Waals surface area contributed by atoms with Crippen molar-refractivity contribution in [2.24, 2.45) is 4.99 Å². The van der Waals surface area contributed by atoms with E-state index in [4.69, 9.17) is 10.1 Å². The highest BCUT2D eigenvalue weighted by atomic mass is 32.1. The van der Waals surface area contributed by atoms with Crippen LogP contribution in [-0.2, 0) is 11.3 Å². The number of aliphatic imine (C=N–C) groups is 1. The summed E-state index contributed by atoms with van der Waals surface area (Å²) < 4.78 is 3.57. The van der Waals surface area contributed by atoms with Crippen molar-refractivity contribution >= 4 is 38.9 Å². The number of rotatable bonds is 8. The van der Waals surface area contributed by atoms with Crippen molar-refractivity contribution in [1.29, 1.82) is 0 Å². The van der Waals surface area contributed by atoms with Crippen LogP contribution >= 0.6 is 11.3 Å². The van der Waals surface area contributed by atoms with E-state index in [-0.39, 0.29) is 6.42 Å². The van der Waals surface area contributed by atoms with Gasteiger partial charge in [-0.25, -0.2) is 4.99 Å². The minimum absolute atomic E-state index is 0.246. The molecule has 134 valence electrons. The van der Waals surface area contributed by atoms with Gasteiger partial charge in [-0.2, -0.15) is 4.57 Å².